The Morgan fingerprint density at radius 1 is 1.10 bits per heavy atom. The van der Waals surface area contributed by atoms with Crippen LogP contribution in [0, 0.1) is 5.41 Å². The molecule has 3 aliphatic rings. The maximum Gasteiger partial charge on any atom is 0.257 e. The number of nitrogens with zero attached hydrogens (tertiary/aromatic N) is 2. The van der Waals surface area contributed by atoms with E-state index in [1.54, 1.807) is 43.3 Å². The van der Waals surface area contributed by atoms with Gasteiger partial charge in [0.15, 0.2) is 0 Å². The van der Waals surface area contributed by atoms with Crippen molar-refractivity contribution in [2.24, 2.45) is 5.41 Å². The van der Waals surface area contributed by atoms with Crippen molar-refractivity contribution in [2.45, 2.75) is 57.5 Å². The summed E-state index contributed by atoms with van der Waals surface area (Å²) in [5.74, 6) is -2.65. The number of piperidine rings is 1. The third-order valence-electron chi connectivity index (χ3n) is 8.27. The molecular weight excluding hydrogens is 554 g/mol. The van der Waals surface area contributed by atoms with Gasteiger partial charge in [-0.05, 0) is 68.4 Å². The third kappa shape index (κ3) is 6.02. The van der Waals surface area contributed by atoms with E-state index in [0.717, 1.165) is 25.9 Å². The minimum Gasteiger partial charge on any atom is -0.489 e. The van der Waals surface area contributed by atoms with Gasteiger partial charge in [0.05, 0.1) is 34.5 Å². The van der Waals surface area contributed by atoms with Crippen LogP contribution >= 0.6 is 0 Å². The average molecular weight is 587 g/mol. The zero-order valence-corrected chi connectivity index (χ0v) is 23.5. The van der Waals surface area contributed by atoms with E-state index in [4.69, 9.17) is 9.15 Å². The molecule has 2 heterocycles. The van der Waals surface area contributed by atoms with Crippen LogP contribution in [0.4, 0.5) is 25.8 Å². The van der Waals surface area contributed by atoms with Crippen LogP contribution in [-0.2, 0) is 10.0 Å². The molecule has 1 aromatic heterocycles. The van der Waals surface area contributed by atoms with Crippen molar-refractivity contribution in [1.29, 1.82) is 0 Å². The number of hydrogen-bond donors (Lipinski definition) is 2. The molecule has 2 aliphatic carbocycles. The summed E-state index contributed by atoms with van der Waals surface area (Å²) in [5.41, 5.74) is 2.76. The Hall–Kier alpha value is -3.67. The number of sulfonamides is 1. The predicted octanol–water partition coefficient (Wildman–Crippen LogP) is 5.91. The van der Waals surface area contributed by atoms with Crippen LogP contribution in [0.2, 0.25) is 0 Å². The number of nitrogens with one attached hydrogen (secondary N) is 2. The number of oxazole rings is 1. The summed E-state index contributed by atoms with van der Waals surface area (Å²) >= 11 is 0. The summed E-state index contributed by atoms with van der Waals surface area (Å²) in [5, 5.41) is 2.90. The number of ether oxygens (including phenoxy) is 1. The first-order valence-electron chi connectivity index (χ1n) is 13.8. The van der Waals surface area contributed by atoms with Crippen molar-refractivity contribution in [3.8, 4) is 17.2 Å². The van der Waals surface area contributed by atoms with Gasteiger partial charge >= 0.3 is 0 Å². The fourth-order valence-electron chi connectivity index (χ4n) is 5.50. The van der Waals surface area contributed by atoms with E-state index in [1.165, 1.54) is 25.3 Å². The van der Waals surface area contributed by atoms with E-state index < -0.39 is 22.0 Å². The first kappa shape index (κ1) is 27.5. The summed E-state index contributed by atoms with van der Waals surface area (Å²) < 4.78 is 65.3. The lowest BCUT2D eigenvalue weighted by Gasteiger charge is -2.35. The number of aromatic nitrogens is 1. The van der Waals surface area contributed by atoms with Crippen molar-refractivity contribution in [1.82, 2.24) is 4.98 Å². The third-order valence-corrected chi connectivity index (χ3v) is 9.57. The van der Waals surface area contributed by atoms with E-state index in [-0.39, 0.29) is 36.1 Å². The lowest BCUT2D eigenvalue weighted by molar-refractivity contribution is -0.134. The van der Waals surface area contributed by atoms with E-state index in [1.807, 2.05) is 0 Å². The van der Waals surface area contributed by atoms with Gasteiger partial charge in [-0.3, -0.25) is 9.52 Å². The monoisotopic (exact) mass is 586 g/mol. The standard InChI is InChI=1S/C29H32F2N4O5S/c1-2-41(37,38)34-20-4-5-22(24(15-20)35-12-9-28(7-8-28)10-13-35)26(36)33-19-3-6-23(27-32-11-14-39-27)25(16-19)40-21-17-29(30,31)18-21/h3-6,11,14-16,21,34H,2,7-10,12-13,17-18H2,1H3,(H,33,36). The molecule has 218 valence electrons. The Bertz CT molecular complexity index is 1540. The van der Waals surface area contributed by atoms with E-state index in [0.29, 0.717) is 33.6 Å². The van der Waals surface area contributed by atoms with E-state index >= 15 is 0 Å². The second-order valence-electron chi connectivity index (χ2n) is 11.2. The predicted molar refractivity (Wildman–Crippen MR) is 151 cm³/mol. The fourth-order valence-corrected chi connectivity index (χ4v) is 6.13. The fraction of sp³-hybridized carbons (Fsp3) is 0.448. The maximum absolute atomic E-state index is 13.6. The second kappa shape index (κ2) is 10.3. The highest BCUT2D eigenvalue weighted by Crippen LogP contribution is 2.54. The minimum absolute atomic E-state index is 0.0662. The smallest absolute Gasteiger partial charge is 0.257 e. The number of halogens is 2. The highest BCUT2D eigenvalue weighted by Gasteiger charge is 2.47. The summed E-state index contributed by atoms with van der Waals surface area (Å²) in [7, 11) is -3.50. The largest absolute Gasteiger partial charge is 0.489 e. The lowest BCUT2D eigenvalue weighted by atomic mass is 9.91. The van der Waals surface area contributed by atoms with Gasteiger partial charge in [-0.2, -0.15) is 0 Å². The molecule has 0 atom stereocenters. The number of rotatable bonds is 9. The quantitative estimate of drug-likeness (QED) is 0.320. The summed E-state index contributed by atoms with van der Waals surface area (Å²) in [6, 6.07) is 9.82. The summed E-state index contributed by atoms with van der Waals surface area (Å²) in [6.45, 7) is 3.12. The number of carbonyl (C=O) groups excluding carboxylic acids is 1. The normalized spacial score (nSPS) is 19.4. The van der Waals surface area contributed by atoms with Crippen LogP contribution in [0.1, 0.15) is 55.8 Å². The van der Waals surface area contributed by atoms with Crippen molar-refractivity contribution >= 4 is 33.0 Å². The molecule has 2 aromatic carbocycles. The molecular formula is C29H32F2N4O5S. The van der Waals surface area contributed by atoms with Gasteiger partial charge in [-0.25, -0.2) is 22.2 Å². The van der Waals surface area contributed by atoms with Crippen LogP contribution in [0.15, 0.2) is 53.3 Å². The molecule has 1 saturated heterocycles. The van der Waals surface area contributed by atoms with Gasteiger partial charge in [-0.15, -0.1) is 0 Å². The van der Waals surface area contributed by atoms with Gasteiger partial charge in [0.25, 0.3) is 11.8 Å². The zero-order valence-electron chi connectivity index (χ0n) is 22.7. The highest BCUT2D eigenvalue weighted by molar-refractivity contribution is 7.92. The van der Waals surface area contributed by atoms with Gasteiger partial charge in [0.2, 0.25) is 15.9 Å². The molecule has 2 saturated carbocycles. The molecule has 1 amide bonds. The number of carbonyl (C=O) groups is 1. The summed E-state index contributed by atoms with van der Waals surface area (Å²) in [6.07, 6.45) is 5.97. The Morgan fingerprint density at radius 3 is 2.46 bits per heavy atom. The highest BCUT2D eigenvalue weighted by atomic mass is 32.2. The van der Waals surface area contributed by atoms with Crippen molar-refractivity contribution in [3.05, 3.63) is 54.4 Å². The van der Waals surface area contributed by atoms with Gasteiger partial charge in [-0.1, -0.05) is 0 Å². The van der Waals surface area contributed by atoms with E-state index in [9.17, 15) is 22.0 Å². The molecule has 41 heavy (non-hydrogen) atoms. The molecule has 6 rings (SSSR count). The number of anilines is 3. The Balaban J connectivity index is 1.27. The Labute approximate surface area is 237 Å². The van der Waals surface area contributed by atoms with Crippen molar-refractivity contribution in [2.75, 3.05) is 33.8 Å². The average Bonchev–Trinajstić information content (AvgIpc) is 3.44. The second-order valence-corrected chi connectivity index (χ2v) is 13.2. The molecule has 0 unspecified atom stereocenters. The number of amides is 1. The number of hydrogen-bond acceptors (Lipinski definition) is 7. The van der Waals surface area contributed by atoms with Crippen molar-refractivity contribution in [3.63, 3.8) is 0 Å². The molecule has 0 bridgehead atoms. The molecule has 2 N–H and O–H groups in total. The lowest BCUT2D eigenvalue weighted by Crippen LogP contribution is -2.43. The first-order valence-corrected chi connectivity index (χ1v) is 15.5. The molecule has 9 nitrogen and oxygen atoms in total. The SMILES string of the molecule is CCS(=O)(=O)Nc1ccc(C(=O)Nc2ccc(-c3ncco3)c(OC3CC(F)(F)C3)c2)c(N2CCC3(CC2)CC3)c1. The number of benzene rings is 2. The van der Waals surface area contributed by atoms with Crippen LogP contribution in [0.25, 0.3) is 11.5 Å². The van der Waals surface area contributed by atoms with Gasteiger partial charge in [0.1, 0.15) is 18.1 Å². The molecule has 3 fully saturated rings. The molecule has 12 heteroatoms. The van der Waals surface area contributed by atoms with Gasteiger partial charge < -0.3 is 19.4 Å². The Morgan fingerprint density at radius 2 is 1.83 bits per heavy atom. The topological polar surface area (TPSA) is 114 Å². The van der Waals surface area contributed by atoms with Crippen molar-refractivity contribution < 1.29 is 31.1 Å². The molecule has 0 radical (unpaired) electrons. The van der Waals surface area contributed by atoms with Gasteiger partial charge in [0, 0.05) is 37.7 Å². The number of alkyl halides is 2. The van der Waals surface area contributed by atoms with E-state index in [2.05, 4.69) is 19.9 Å². The van der Waals surface area contributed by atoms with Crippen LogP contribution in [0.3, 0.4) is 0 Å². The Kier molecular flexibility index (Phi) is 6.91. The molecule has 3 aromatic rings. The minimum atomic E-state index is -3.50. The molecule has 1 spiro atoms. The zero-order chi connectivity index (χ0) is 28.8. The summed E-state index contributed by atoms with van der Waals surface area (Å²) in [4.78, 5) is 19.9. The van der Waals surface area contributed by atoms with Crippen LogP contribution < -0.4 is 19.7 Å². The maximum atomic E-state index is 13.6. The van der Waals surface area contributed by atoms with Crippen LogP contribution in [-0.4, -0.2) is 50.2 Å². The van der Waals surface area contributed by atoms with Crippen LogP contribution in [0.5, 0.6) is 5.75 Å². The first-order chi connectivity index (χ1) is 19.5. The molecule has 1 aliphatic heterocycles.